The van der Waals surface area contributed by atoms with Gasteiger partial charge >= 0.3 is 12.2 Å². The van der Waals surface area contributed by atoms with E-state index in [0.29, 0.717) is 24.8 Å². The number of rotatable bonds is 36. The van der Waals surface area contributed by atoms with E-state index in [1.165, 1.54) is 180 Å². The molecular weight excluding hydrogens is 622 g/mol. The van der Waals surface area contributed by atoms with Gasteiger partial charge in [-0.05, 0) is 25.0 Å². The number of nitrogens with zero attached hydrogens (tertiary/aromatic N) is 1. The zero-order valence-electron chi connectivity index (χ0n) is 32.9. The Morgan fingerprint density at radius 3 is 0.920 bits per heavy atom. The molecule has 1 rings (SSSR count). The second kappa shape index (κ2) is 36.5. The molecule has 0 atom stereocenters. The molecule has 2 amide bonds. The van der Waals surface area contributed by atoms with Crippen molar-refractivity contribution < 1.29 is 19.1 Å². The van der Waals surface area contributed by atoms with Gasteiger partial charge in [0.25, 0.3) is 0 Å². The van der Waals surface area contributed by atoms with Crippen molar-refractivity contribution in [2.75, 3.05) is 23.8 Å². The van der Waals surface area contributed by atoms with Crippen molar-refractivity contribution in [3.05, 3.63) is 18.2 Å². The van der Waals surface area contributed by atoms with Gasteiger partial charge in [-0.25, -0.2) is 14.6 Å². The summed E-state index contributed by atoms with van der Waals surface area (Å²) < 4.78 is 10.7. The summed E-state index contributed by atoms with van der Waals surface area (Å²) in [5.41, 5.74) is 0. The van der Waals surface area contributed by atoms with Crippen LogP contribution in [-0.4, -0.2) is 30.4 Å². The highest BCUT2D eigenvalue weighted by atomic mass is 16.6. The van der Waals surface area contributed by atoms with Crippen LogP contribution in [0.3, 0.4) is 0 Å². The highest BCUT2D eigenvalue weighted by Gasteiger charge is 2.08. The number of nitrogens with one attached hydrogen (secondary N) is 2. The summed E-state index contributed by atoms with van der Waals surface area (Å²) in [7, 11) is 0. The Bertz CT molecular complexity index is 829. The Morgan fingerprint density at radius 1 is 0.420 bits per heavy atom. The van der Waals surface area contributed by atoms with Crippen molar-refractivity contribution in [2.24, 2.45) is 0 Å². The predicted molar refractivity (Wildman–Crippen MR) is 213 cm³/mol. The second-order valence-corrected chi connectivity index (χ2v) is 14.5. The SMILES string of the molecule is CCCCCCCCCCCCCCCCCCOC(=O)Nc1cccc(NC(=O)OCCCCCCCCCCCCCCCCCC)n1. The summed E-state index contributed by atoms with van der Waals surface area (Å²) >= 11 is 0. The van der Waals surface area contributed by atoms with Gasteiger partial charge in [-0.3, -0.25) is 10.6 Å². The number of unbranched alkanes of at least 4 members (excludes halogenated alkanes) is 30. The van der Waals surface area contributed by atoms with Crippen molar-refractivity contribution in [1.29, 1.82) is 0 Å². The molecule has 1 heterocycles. The molecule has 7 nitrogen and oxygen atoms in total. The summed E-state index contributed by atoms with van der Waals surface area (Å²) in [6, 6.07) is 5.06. The normalized spacial score (nSPS) is 11.1. The molecule has 0 aliphatic heterocycles. The predicted octanol–water partition coefficient (Wildman–Crippen LogP) is 14.7. The number of ether oxygens (including phenoxy) is 2. The van der Waals surface area contributed by atoms with E-state index < -0.39 is 12.2 Å². The van der Waals surface area contributed by atoms with Gasteiger partial charge in [0.1, 0.15) is 11.6 Å². The molecule has 1 aromatic rings. The van der Waals surface area contributed by atoms with Gasteiger partial charge in [-0.15, -0.1) is 0 Å². The van der Waals surface area contributed by atoms with Crippen molar-refractivity contribution in [2.45, 2.75) is 219 Å². The van der Waals surface area contributed by atoms with Crippen molar-refractivity contribution >= 4 is 23.8 Å². The minimum atomic E-state index is -0.526. The average molecular weight is 702 g/mol. The molecule has 0 saturated carbocycles. The van der Waals surface area contributed by atoms with Crippen molar-refractivity contribution in [3.63, 3.8) is 0 Å². The maximum atomic E-state index is 12.2. The molecule has 0 bridgehead atoms. The molecule has 0 fully saturated rings. The quantitative estimate of drug-likeness (QED) is 0.0680. The first-order valence-electron chi connectivity index (χ1n) is 21.5. The first kappa shape index (κ1) is 45.7. The third kappa shape index (κ3) is 31.7. The lowest BCUT2D eigenvalue weighted by atomic mass is 10.0. The topological polar surface area (TPSA) is 89.6 Å². The Hall–Kier alpha value is -2.31. The Kier molecular flexibility index (Phi) is 33.4. The van der Waals surface area contributed by atoms with Crippen LogP contribution < -0.4 is 10.6 Å². The van der Waals surface area contributed by atoms with E-state index >= 15 is 0 Å². The molecule has 1 aromatic heterocycles. The molecule has 0 saturated heterocycles. The van der Waals surface area contributed by atoms with E-state index in [1.54, 1.807) is 18.2 Å². The number of amides is 2. The van der Waals surface area contributed by atoms with E-state index in [9.17, 15) is 9.59 Å². The molecule has 50 heavy (non-hydrogen) atoms. The lowest BCUT2D eigenvalue weighted by molar-refractivity contribution is 0.158. The maximum absolute atomic E-state index is 12.2. The van der Waals surface area contributed by atoms with Crippen LogP contribution in [0.2, 0.25) is 0 Å². The van der Waals surface area contributed by atoms with Crippen LogP contribution in [0.25, 0.3) is 0 Å². The Morgan fingerprint density at radius 2 is 0.660 bits per heavy atom. The number of hydrogen-bond acceptors (Lipinski definition) is 5. The smallest absolute Gasteiger partial charge is 0.412 e. The Balaban J connectivity index is 1.93. The molecule has 0 unspecified atom stereocenters. The summed E-state index contributed by atoms with van der Waals surface area (Å²) in [5.74, 6) is 0.662. The van der Waals surface area contributed by atoms with Crippen LogP contribution in [0.4, 0.5) is 21.2 Å². The third-order valence-corrected chi connectivity index (χ3v) is 9.67. The molecule has 0 aliphatic carbocycles. The van der Waals surface area contributed by atoms with E-state index in [1.807, 2.05) is 0 Å². The number of carbonyl (C=O) groups is 2. The summed E-state index contributed by atoms with van der Waals surface area (Å²) in [6.07, 6.45) is 40.9. The highest BCUT2D eigenvalue weighted by Crippen LogP contribution is 2.16. The number of pyridine rings is 1. The van der Waals surface area contributed by atoms with Crippen LogP contribution >= 0.6 is 0 Å². The summed E-state index contributed by atoms with van der Waals surface area (Å²) in [5, 5.41) is 5.30. The van der Waals surface area contributed by atoms with Crippen LogP contribution in [0, 0.1) is 0 Å². The van der Waals surface area contributed by atoms with Crippen molar-refractivity contribution in [1.82, 2.24) is 4.98 Å². The molecule has 290 valence electrons. The zero-order valence-corrected chi connectivity index (χ0v) is 32.9. The molecule has 0 aromatic carbocycles. The van der Waals surface area contributed by atoms with Gasteiger partial charge in [0.05, 0.1) is 13.2 Å². The van der Waals surface area contributed by atoms with E-state index in [4.69, 9.17) is 9.47 Å². The number of aromatic nitrogens is 1. The number of carbonyl (C=O) groups excluding carboxylic acids is 2. The van der Waals surface area contributed by atoms with Crippen LogP contribution in [0.1, 0.15) is 219 Å². The monoisotopic (exact) mass is 702 g/mol. The highest BCUT2D eigenvalue weighted by molar-refractivity contribution is 5.85. The van der Waals surface area contributed by atoms with E-state index in [2.05, 4.69) is 29.5 Å². The first-order chi connectivity index (χ1) is 24.7. The lowest BCUT2D eigenvalue weighted by Crippen LogP contribution is -2.17. The van der Waals surface area contributed by atoms with Crippen molar-refractivity contribution in [3.8, 4) is 0 Å². The summed E-state index contributed by atoms with van der Waals surface area (Å²) in [4.78, 5) is 28.7. The minimum absolute atomic E-state index is 0.331. The molecule has 2 N–H and O–H groups in total. The minimum Gasteiger partial charge on any atom is -0.449 e. The van der Waals surface area contributed by atoms with Gasteiger partial charge in [-0.1, -0.05) is 213 Å². The summed E-state index contributed by atoms with van der Waals surface area (Å²) in [6.45, 7) is 5.35. The van der Waals surface area contributed by atoms with Crippen LogP contribution in [-0.2, 0) is 9.47 Å². The van der Waals surface area contributed by atoms with Gasteiger partial charge < -0.3 is 9.47 Å². The Labute approximate surface area is 308 Å². The largest absolute Gasteiger partial charge is 0.449 e. The first-order valence-corrected chi connectivity index (χ1v) is 21.5. The second-order valence-electron chi connectivity index (χ2n) is 14.5. The third-order valence-electron chi connectivity index (χ3n) is 9.67. The number of anilines is 2. The van der Waals surface area contributed by atoms with E-state index in [0.717, 1.165) is 25.7 Å². The van der Waals surface area contributed by atoms with Gasteiger partial charge in [0, 0.05) is 0 Å². The fraction of sp³-hybridized carbons (Fsp3) is 0.837. The molecular formula is C43H79N3O4. The van der Waals surface area contributed by atoms with E-state index in [-0.39, 0.29) is 0 Å². The van der Waals surface area contributed by atoms with Gasteiger partial charge in [0.2, 0.25) is 0 Å². The molecule has 0 spiro atoms. The molecule has 0 aliphatic rings. The van der Waals surface area contributed by atoms with Gasteiger partial charge in [0.15, 0.2) is 0 Å². The standard InChI is InChI=1S/C43H79N3O4/c1-3-5-7-9-11-13-15-17-19-21-23-25-27-29-31-33-38-49-42(47)45-40-36-35-37-41(44-40)46-43(48)50-39-34-32-30-28-26-24-22-20-18-16-14-12-10-8-6-4-2/h35-37H,3-34,38-39H2,1-2H3,(H2,44,45,46,47,48). The zero-order chi connectivity index (χ0) is 36.0. The fourth-order valence-corrected chi connectivity index (χ4v) is 6.49. The molecule has 0 radical (unpaired) electrons. The number of hydrogen-bond donors (Lipinski definition) is 2. The average Bonchev–Trinajstić information content (AvgIpc) is 3.11. The van der Waals surface area contributed by atoms with Gasteiger partial charge in [-0.2, -0.15) is 0 Å². The lowest BCUT2D eigenvalue weighted by Gasteiger charge is -2.09. The molecule has 7 heteroatoms. The maximum Gasteiger partial charge on any atom is 0.412 e. The fourth-order valence-electron chi connectivity index (χ4n) is 6.49. The van der Waals surface area contributed by atoms with Crippen LogP contribution in [0.5, 0.6) is 0 Å². The van der Waals surface area contributed by atoms with Crippen LogP contribution in [0.15, 0.2) is 18.2 Å².